The Morgan fingerprint density at radius 2 is 1.70 bits per heavy atom. The third kappa shape index (κ3) is 5.52. The fraction of sp³-hybridized carbons (Fsp3) is 0.261. The van der Waals surface area contributed by atoms with Crippen molar-refractivity contribution in [2.24, 2.45) is 0 Å². The van der Waals surface area contributed by atoms with Crippen molar-refractivity contribution in [2.75, 3.05) is 13.1 Å². The van der Waals surface area contributed by atoms with Crippen LogP contribution in [-0.2, 0) is 4.79 Å². The Bertz CT molecular complexity index is 829. The molecule has 4 heteroatoms. The van der Waals surface area contributed by atoms with Gasteiger partial charge in [0.1, 0.15) is 0 Å². The highest BCUT2D eigenvalue weighted by Gasteiger charge is 2.16. The first-order chi connectivity index (χ1) is 13.1. The lowest BCUT2D eigenvalue weighted by Gasteiger charge is -2.19. The number of rotatable bonds is 8. The largest absolute Gasteiger partial charge is 0.354 e. The van der Waals surface area contributed by atoms with Crippen LogP contribution in [0.1, 0.15) is 40.5 Å². The molecule has 2 aromatic carbocycles. The van der Waals surface area contributed by atoms with Crippen molar-refractivity contribution >= 4 is 17.2 Å². The Morgan fingerprint density at radius 1 is 0.963 bits per heavy atom. The second-order valence-corrected chi connectivity index (χ2v) is 7.84. The van der Waals surface area contributed by atoms with Gasteiger partial charge >= 0.3 is 0 Å². The summed E-state index contributed by atoms with van der Waals surface area (Å²) in [7, 11) is 0. The highest BCUT2D eigenvalue weighted by Crippen LogP contribution is 2.26. The number of hydrogen-bond donors (Lipinski definition) is 2. The molecule has 0 saturated heterocycles. The number of hydrogen-bond acceptors (Lipinski definition) is 3. The summed E-state index contributed by atoms with van der Waals surface area (Å²) in [4.78, 5) is 13.6. The molecule has 1 amide bonds. The van der Waals surface area contributed by atoms with Crippen LogP contribution in [0.15, 0.2) is 72.1 Å². The Kier molecular flexibility index (Phi) is 6.80. The average molecular weight is 379 g/mol. The van der Waals surface area contributed by atoms with E-state index in [4.69, 9.17) is 0 Å². The minimum absolute atomic E-state index is 0.0199. The summed E-state index contributed by atoms with van der Waals surface area (Å²) in [6.07, 6.45) is 0. The van der Waals surface area contributed by atoms with Crippen molar-refractivity contribution in [1.29, 1.82) is 0 Å². The summed E-state index contributed by atoms with van der Waals surface area (Å²) in [6, 6.07) is 22.9. The molecule has 0 radical (unpaired) electrons. The van der Waals surface area contributed by atoms with Crippen molar-refractivity contribution in [3.8, 4) is 0 Å². The number of carbonyl (C=O) groups is 1. The van der Waals surface area contributed by atoms with Gasteiger partial charge in [0.15, 0.2) is 0 Å². The third-order valence-electron chi connectivity index (χ3n) is 4.68. The predicted octanol–water partition coefficient (Wildman–Crippen LogP) is 4.66. The molecule has 0 aliphatic heterocycles. The molecule has 1 aromatic heterocycles. The molecule has 3 aromatic rings. The van der Waals surface area contributed by atoms with E-state index >= 15 is 0 Å². The molecule has 140 valence electrons. The van der Waals surface area contributed by atoms with E-state index in [9.17, 15) is 4.79 Å². The third-order valence-corrected chi connectivity index (χ3v) is 5.62. The number of aryl methyl sites for hydroxylation is 1. The molecule has 0 fully saturated rings. The normalized spacial score (nSPS) is 13.1. The minimum Gasteiger partial charge on any atom is -0.354 e. The first kappa shape index (κ1) is 19.3. The molecule has 2 N–H and O–H groups in total. The molecule has 0 bridgehead atoms. The quantitative estimate of drug-likeness (QED) is 0.599. The van der Waals surface area contributed by atoms with E-state index in [2.05, 4.69) is 72.3 Å². The second kappa shape index (κ2) is 9.49. The maximum Gasteiger partial charge on any atom is 0.234 e. The Morgan fingerprint density at radius 3 is 2.37 bits per heavy atom. The van der Waals surface area contributed by atoms with Gasteiger partial charge in [-0.1, -0.05) is 73.2 Å². The van der Waals surface area contributed by atoms with Gasteiger partial charge in [-0.05, 0) is 35.4 Å². The van der Waals surface area contributed by atoms with Crippen LogP contribution >= 0.6 is 11.3 Å². The molecule has 3 nitrogen and oxygen atoms in total. The molecule has 27 heavy (non-hydrogen) atoms. The second-order valence-electron chi connectivity index (χ2n) is 6.86. The number of thiophene rings is 1. The molecule has 0 aliphatic carbocycles. The topological polar surface area (TPSA) is 41.1 Å². The van der Waals surface area contributed by atoms with Gasteiger partial charge in [0.25, 0.3) is 0 Å². The summed E-state index contributed by atoms with van der Waals surface area (Å²) in [5.74, 6) is 0.312. The molecular formula is C23H26N2OS. The zero-order valence-corrected chi connectivity index (χ0v) is 16.6. The summed E-state index contributed by atoms with van der Waals surface area (Å²) in [6.45, 7) is 5.14. The van der Waals surface area contributed by atoms with Crippen molar-refractivity contribution in [3.05, 3.63) is 93.7 Å². The van der Waals surface area contributed by atoms with Crippen molar-refractivity contribution < 1.29 is 4.79 Å². The van der Waals surface area contributed by atoms with Gasteiger partial charge in [-0.25, -0.2) is 0 Å². The zero-order chi connectivity index (χ0) is 19.1. The number of benzene rings is 2. The Labute approximate surface area is 165 Å². The number of carbonyl (C=O) groups excluding carboxylic acids is 1. The van der Waals surface area contributed by atoms with Gasteiger partial charge in [0.05, 0.1) is 12.6 Å². The Hall–Kier alpha value is -2.43. The van der Waals surface area contributed by atoms with E-state index in [0.29, 0.717) is 12.5 Å². The Balaban J connectivity index is 1.57. The summed E-state index contributed by atoms with van der Waals surface area (Å²) in [5.41, 5.74) is 3.65. The molecule has 0 spiro atoms. The smallest absolute Gasteiger partial charge is 0.234 e. The minimum atomic E-state index is 0.0199. The number of amides is 1. The lowest BCUT2D eigenvalue weighted by molar-refractivity contribution is -0.120. The standard InChI is InChI=1S/C23H26N2OS/c1-17-10-12-20(13-11-17)23(21-9-6-14-27-21)25-16-22(26)24-15-18(2)19-7-4-3-5-8-19/h3-14,18,23,25H,15-16H2,1-2H3,(H,24,26)/t18-,23+/m0/s1. The van der Waals surface area contributed by atoms with E-state index in [1.807, 2.05) is 24.3 Å². The van der Waals surface area contributed by atoms with Gasteiger partial charge in [-0.3, -0.25) is 10.1 Å². The van der Waals surface area contributed by atoms with Gasteiger partial charge in [0, 0.05) is 11.4 Å². The lowest BCUT2D eigenvalue weighted by Crippen LogP contribution is -2.37. The van der Waals surface area contributed by atoms with Crippen LogP contribution in [-0.4, -0.2) is 19.0 Å². The highest BCUT2D eigenvalue weighted by atomic mass is 32.1. The van der Waals surface area contributed by atoms with Crippen LogP contribution in [0.25, 0.3) is 0 Å². The highest BCUT2D eigenvalue weighted by molar-refractivity contribution is 7.10. The molecular weight excluding hydrogens is 352 g/mol. The van der Waals surface area contributed by atoms with Gasteiger partial charge < -0.3 is 5.32 Å². The molecule has 1 heterocycles. The van der Waals surface area contributed by atoms with Crippen LogP contribution in [0.4, 0.5) is 0 Å². The van der Waals surface area contributed by atoms with Gasteiger partial charge in [-0.15, -0.1) is 11.3 Å². The first-order valence-electron chi connectivity index (χ1n) is 9.28. The monoisotopic (exact) mass is 378 g/mol. The predicted molar refractivity (Wildman–Crippen MR) is 113 cm³/mol. The van der Waals surface area contributed by atoms with Crippen LogP contribution < -0.4 is 10.6 Å². The van der Waals surface area contributed by atoms with Crippen LogP contribution in [0.3, 0.4) is 0 Å². The molecule has 0 unspecified atom stereocenters. The van der Waals surface area contributed by atoms with E-state index in [-0.39, 0.29) is 18.5 Å². The fourth-order valence-corrected chi connectivity index (χ4v) is 3.85. The van der Waals surface area contributed by atoms with E-state index in [1.165, 1.54) is 21.6 Å². The van der Waals surface area contributed by atoms with Crippen molar-refractivity contribution in [2.45, 2.75) is 25.8 Å². The summed E-state index contributed by atoms with van der Waals surface area (Å²) >= 11 is 1.70. The summed E-state index contributed by atoms with van der Waals surface area (Å²) < 4.78 is 0. The average Bonchev–Trinajstić information content (AvgIpc) is 3.23. The molecule has 3 rings (SSSR count). The SMILES string of the molecule is Cc1ccc([C@@H](NCC(=O)NC[C@H](C)c2ccccc2)c2cccs2)cc1. The van der Waals surface area contributed by atoms with Crippen LogP contribution in [0.5, 0.6) is 0 Å². The lowest BCUT2D eigenvalue weighted by atomic mass is 10.0. The van der Waals surface area contributed by atoms with E-state index in [0.717, 1.165) is 0 Å². The van der Waals surface area contributed by atoms with Crippen LogP contribution in [0.2, 0.25) is 0 Å². The van der Waals surface area contributed by atoms with E-state index < -0.39 is 0 Å². The molecule has 0 saturated carbocycles. The van der Waals surface area contributed by atoms with Crippen molar-refractivity contribution in [3.63, 3.8) is 0 Å². The van der Waals surface area contributed by atoms with Crippen LogP contribution in [0, 0.1) is 6.92 Å². The molecule has 2 atom stereocenters. The maximum atomic E-state index is 12.4. The van der Waals surface area contributed by atoms with Crippen molar-refractivity contribution in [1.82, 2.24) is 10.6 Å². The first-order valence-corrected chi connectivity index (χ1v) is 10.2. The number of nitrogens with one attached hydrogen (secondary N) is 2. The van der Waals surface area contributed by atoms with Gasteiger partial charge in [0.2, 0.25) is 5.91 Å². The van der Waals surface area contributed by atoms with Gasteiger partial charge in [-0.2, -0.15) is 0 Å². The van der Waals surface area contributed by atoms with E-state index in [1.54, 1.807) is 11.3 Å². The fourth-order valence-electron chi connectivity index (χ4n) is 3.02. The summed E-state index contributed by atoms with van der Waals surface area (Å²) in [5, 5.41) is 8.53. The molecule has 0 aliphatic rings. The zero-order valence-electron chi connectivity index (χ0n) is 15.8. The maximum absolute atomic E-state index is 12.4.